The Hall–Kier alpha value is -0.690. The first-order chi connectivity index (χ1) is 8.29. The summed E-state index contributed by atoms with van der Waals surface area (Å²) in [5.74, 6) is -0.458. The Morgan fingerprint density at radius 2 is 2.11 bits per heavy atom. The van der Waals surface area contributed by atoms with Crippen molar-refractivity contribution >= 4 is 28.8 Å². The molecule has 0 saturated carbocycles. The molecular formula is C11H19ClN2O3S. The second-order valence-electron chi connectivity index (χ2n) is 3.89. The average molecular weight is 295 g/mol. The molecule has 0 bridgehead atoms. The average Bonchev–Trinajstić information content (AvgIpc) is 2.59. The van der Waals surface area contributed by atoms with E-state index in [2.05, 4.69) is 10.5 Å². The highest BCUT2D eigenvalue weighted by molar-refractivity contribution is 7.14. The van der Waals surface area contributed by atoms with Gasteiger partial charge in [0, 0.05) is 0 Å². The number of hydroxylamine groups is 1. The number of hydrogen-bond acceptors (Lipinski definition) is 5. The lowest BCUT2D eigenvalue weighted by atomic mass is 10.2. The summed E-state index contributed by atoms with van der Waals surface area (Å²) in [7, 11) is 0. The number of halogens is 1. The van der Waals surface area contributed by atoms with E-state index >= 15 is 0 Å². The number of aliphatic hydroxyl groups is 1. The second-order valence-corrected chi connectivity index (χ2v) is 5.45. The van der Waals surface area contributed by atoms with Crippen LogP contribution in [0, 0.1) is 6.92 Å². The molecule has 0 unspecified atom stereocenters. The molecule has 0 radical (unpaired) electrons. The summed E-state index contributed by atoms with van der Waals surface area (Å²) >= 11 is 6.93. The number of nitrogens with one attached hydrogen (secondary N) is 1. The third-order valence-electron chi connectivity index (χ3n) is 1.49. The van der Waals surface area contributed by atoms with Crippen molar-refractivity contribution in [3.05, 3.63) is 15.0 Å². The Morgan fingerprint density at radius 3 is 2.50 bits per heavy atom. The molecule has 1 rings (SSSR count). The Bertz CT molecular complexity index is 388. The molecule has 0 saturated heterocycles. The van der Waals surface area contributed by atoms with Crippen molar-refractivity contribution in [2.24, 2.45) is 0 Å². The normalized spacial score (nSPS) is 10.6. The molecule has 0 aliphatic rings. The Labute approximate surface area is 116 Å². The summed E-state index contributed by atoms with van der Waals surface area (Å²) in [6, 6.07) is 0. The first-order valence-electron chi connectivity index (χ1n) is 5.57. The van der Waals surface area contributed by atoms with Crippen LogP contribution >= 0.6 is 22.9 Å². The van der Waals surface area contributed by atoms with Crippen LogP contribution in [-0.2, 0) is 4.84 Å². The third kappa shape index (κ3) is 6.30. The van der Waals surface area contributed by atoms with Crippen molar-refractivity contribution in [1.29, 1.82) is 0 Å². The molecule has 0 fully saturated rings. The largest absolute Gasteiger partial charge is 0.388 e. The van der Waals surface area contributed by atoms with Crippen LogP contribution in [0.1, 0.15) is 42.4 Å². The molecule has 0 aliphatic heterocycles. The van der Waals surface area contributed by atoms with Crippen molar-refractivity contribution in [1.82, 2.24) is 10.5 Å². The SMILES string of the molecule is CC.Cc1nc(Cl)c(C(=O)NOCC(C)(C)O)s1. The summed E-state index contributed by atoms with van der Waals surface area (Å²) < 4.78 is 0. The number of rotatable bonds is 4. The first-order valence-corrected chi connectivity index (χ1v) is 6.76. The maximum atomic E-state index is 11.5. The first kappa shape index (κ1) is 17.3. The molecule has 1 aromatic heterocycles. The fraction of sp³-hybridized carbons (Fsp3) is 0.636. The van der Waals surface area contributed by atoms with Crippen LogP contribution < -0.4 is 5.48 Å². The van der Waals surface area contributed by atoms with Gasteiger partial charge in [-0.05, 0) is 20.8 Å². The molecule has 0 aliphatic carbocycles. The second kappa shape index (κ2) is 7.68. The smallest absolute Gasteiger partial charge is 0.288 e. The van der Waals surface area contributed by atoms with Gasteiger partial charge in [0.1, 0.15) is 11.5 Å². The molecule has 0 aromatic carbocycles. The van der Waals surface area contributed by atoms with Gasteiger partial charge in [-0.3, -0.25) is 9.63 Å². The highest BCUT2D eigenvalue weighted by Crippen LogP contribution is 2.22. The Kier molecular flexibility index (Phi) is 7.39. The van der Waals surface area contributed by atoms with E-state index in [1.807, 2.05) is 13.8 Å². The zero-order valence-electron chi connectivity index (χ0n) is 11.2. The van der Waals surface area contributed by atoms with Gasteiger partial charge in [-0.25, -0.2) is 10.5 Å². The van der Waals surface area contributed by atoms with Crippen LogP contribution in [0.3, 0.4) is 0 Å². The van der Waals surface area contributed by atoms with E-state index in [9.17, 15) is 9.90 Å². The predicted octanol–water partition coefficient (Wildman–Crippen LogP) is 2.56. The number of carbonyl (C=O) groups excluding carboxylic acids is 1. The molecule has 0 spiro atoms. The summed E-state index contributed by atoms with van der Waals surface area (Å²) in [5.41, 5.74) is 1.20. The van der Waals surface area contributed by atoms with Crippen LogP contribution in [0.4, 0.5) is 0 Å². The third-order valence-corrected chi connectivity index (χ3v) is 2.84. The standard InChI is InChI=1S/C9H13ClN2O3S.C2H6/c1-5-11-7(10)6(16-5)8(13)12-15-4-9(2,3)14;1-2/h14H,4H2,1-3H3,(H,12,13);1-2H3. The maximum Gasteiger partial charge on any atom is 0.288 e. The number of thiazole rings is 1. The van der Waals surface area contributed by atoms with E-state index in [1.54, 1.807) is 20.8 Å². The Balaban J connectivity index is 0.00000137. The highest BCUT2D eigenvalue weighted by atomic mass is 35.5. The van der Waals surface area contributed by atoms with E-state index < -0.39 is 11.5 Å². The van der Waals surface area contributed by atoms with Gasteiger partial charge in [0.2, 0.25) is 0 Å². The number of nitrogens with zero attached hydrogens (tertiary/aromatic N) is 1. The summed E-state index contributed by atoms with van der Waals surface area (Å²) in [4.78, 5) is 20.6. The highest BCUT2D eigenvalue weighted by Gasteiger charge is 2.17. The van der Waals surface area contributed by atoms with Crippen LogP contribution in [0.25, 0.3) is 0 Å². The monoisotopic (exact) mass is 294 g/mol. The fourth-order valence-corrected chi connectivity index (χ4v) is 1.94. The van der Waals surface area contributed by atoms with Crippen LogP contribution in [0.2, 0.25) is 5.15 Å². The molecule has 0 atom stereocenters. The lowest BCUT2D eigenvalue weighted by Gasteiger charge is -2.16. The number of aryl methyl sites for hydroxylation is 1. The van der Waals surface area contributed by atoms with Gasteiger partial charge in [0.05, 0.1) is 10.6 Å². The minimum Gasteiger partial charge on any atom is -0.388 e. The summed E-state index contributed by atoms with van der Waals surface area (Å²) in [6.07, 6.45) is 0. The predicted molar refractivity (Wildman–Crippen MR) is 72.9 cm³/mol. The van der Waals surface area contributed by atoms with Gasteiger partial charge in [0.15, 0.2) is 5.15 Å². The van der Waals surface area contributed by atoms with Crippen molar-refractivity contribution < 1.29 is 14.7 Å². The quantitative estimate of drug-likeness (QED) is 0.837. The number of aromatic nitrogens is 1. The van der Waals surface area contributed by atoms with Gasteiger partial charge in [-0.2, -0.15) is 0 Å². The van der Waals surface area contributed by atoms with Crippen LogP contribution in [0.5, 0.6) is 0 Å². The van der Waals surface area contributed by atoms with Crippen molar-refractivity contribution in [2.75, 3.05) is 6.61 Å². The van der Waals surface area contributed by atoms with Gasteiger partial charge >= 0.3 is 0 Å². The van der Waals surface area contributed by atoms with E-state index in [1.165, 1.54) is 11.3 Å². The topological polar surface area (TPSA) is 71.5 Å². The van der Waals surface area contributed by atoms with Gasteiger partial charge < -0.3 is 5.11 Å². The van der Waals surface area contributed by atoms with Gasteiger partial charge in [-0.1, -0.05) is 25.4 Å². The van der Waals surface area contributed by atoms with Crippen molar-refractivity contribution in [3.8, 4) is 0 Å². The zero-order valence-corrected chi connectivity index (χ0v) is 12.8. The van der Waals surface area contributed by atoms with E-state index in [-0.39, 0.29) is 11.8 Å². The van der Waals surface area contributed by atoms with E-state index in [4.69, 9.17) is 16.4 Å². The fourth-order valence-electron chi connectivity index (χ4n) is 0.866. The van der Waals surface area contributed by atoms with Crippen LogP contribution in [0.15, 0.2) is 0 Å². The maximum absolute atomic E-state index is 11.5. The Morgan fingerprint density at radius 1 is 1.56 bits per heavy atom. The lowest BCUT2D eigenvalue weighted by molar-refractivity contribution is -0.0521. The van der Waals surface area contributed by atoms with Crippen LogP contribution in [-0.4, -0.2) is 28.2 Å². The minimum atomic E-state index is -0.999. The minimum absolute atomic E-state index is 0.00581. The molecule has 1 amide bonds. The van der Waals surface area contributed by atoms with E-state index in [0.717, 1.165) is 0 Å². The molecule has 2 N–H and O–H groups in total. The molecule has 1 heterocycles. The van der Waals surface area contributed by atoms with Gasteiger partial charge in [-0.15, -0.1) is 11.3 Å². The van der Waals surface area contributed by atoms with Gasteiger partial charge in [0.25, 0.3) is 5.91 Å². The summed E-state index contributed by atoms with van der Waals surface area (Å²) in [5, 5.41) is 10.2. The molecule has 18 heavy (non-hydrogen) atoms. The summed E-state index contributed by atoms with van der Waals surface area (Å²) in [6.45, 7) is 8.89. The molecule has 7 heteroatoms. The molecule has 104 valence electrons. The number of hydrogen-bond donors (Lipinski definition) is 2. The lowest BCUT2D eigenvalue weighted by Crippen LogP contribution is -2.33. The number of amides is 1. The number of carbonyl (C=O) groups is 1. The van der Waals surface area contributed by atoms with E-state index in [0.29, 0.717) is 9.88 Å². The molecular weight excluding hydrogens is 276 g/mol. The van der Waals surface area contributed by atoms with Crippen molar-refractivity contribution in [2.45, 2.75) is 40.2 Å². The molecule has 1 aromatic rings. The van der Waals surface area contributed by atoms with Crippen molar-refractivity contribution in [3.63, 3.8) is 0 Å². The molecule has 5 nitrogen and oxygen atoms in total. The zero-order chi connectivity index (χ0) is 14.3.